The van der Waals surface area contributed by atoms with Crippen LogP contribution in [-0.4, -0.2) is 45.0 Å². The molecule has 2 aliphatic heterocycles. The molecule has 0 radical (unpaired) electrons. The van der Waals surface area contributed by atoms with Crippen LogP contribution in [0.2, 0.25) is 0 Å². The molecule has 6 nitrogen and oxygen atoms in total. The van der Waals surface area contributed by atoms with Gasteiger partial charge >= 0.3 is 0 Å². The van der Waals surface area contributed by atoms with Gasteiger partial charge in [-0.05, 0) is 81.7 Å². The zero-order valence-electron chi connectivity index (χ0n) is 20.9. The Labute approximate surface area is 219 Å². The second-order valence-electron chi connectivity index (χ2n) is 10.6. The molecule has 0 amide bonds. The molecule has 1 aromatic carbocycles. The normalized spacial score (nSPS) is 24.1. The molecular formula is C28H34N2O4S2. The zero-order chi connectivity index (χ0) is 24.7. The van der Waals surface area contributed by atoms with Crippen LogP contribution in [0, 0.1) is 5.92 Å². The molecule has 3 aliphatic rings. The van der Waals surface area contributed by atoms with Gasteiger partial charge in [-0.25, -0.2) is 4.98 Å². The quantitative estimate of drug-likeness (QED) is 0.379. The van der Waals surface area contributed by atoms with Gasteiger partial charge in [0.05, 0.1) is 28.0 Å². The fraction of sp³-hybridized carbons (Fsp3) is 0.536. The lowest BCUT2D eigenvalue weighted by Crippen LogP contribution is -2.19. The molecule has 2 saturated heterocycles. The van der Waals surface area contributed by atoms with Crippen molar-refractivity contribution in [1.29, 1.82) is 0 Å². The summed E-state index contributed by atoms with van der Waals surface area (Å²) >= 11 is 1.66. The van der Waals surface area contributed by atoms with E-state index in [-0.39, 0.29) is 12.0 Å². The molecular weight excluding hydrogens is 492 g/mol. The van der Waals surface area contributed by atoms with Crippen molar-refractivity contribution < 1.29 is 18.4 Å². The lowest BCUT2D eigenvalue weighted by atomic mass is 9.83. The lowest BCUT2D eigenvalue weighted by molar-refractivity contribution is -0.138. The van der Waals surface area contributed by atoms with Crippen molar-refractivity contribution in [3.63, 3.8) is 0 Å². The number of aromatic nitrogens is 2. The summed E-state index contributed by atoms with van der Waals surface area (Å²) in [5.74, 6) is 0.328. The van der Waals surface area contributed by atoms with Gasteiger partial charge in [-0.1, -0.05) is 12.1 Å². The monoisotopic (exact) mass is 526 g/mol. The van der Waals surface area contributed by atoms with Crippen LogP contribution < -0.4 is 0 Å². The SMILES string of the molecule is CC1(C)OCC(c2cnc(-c3ccc(C(CC4CCOCC4)c4ccc(S(=O)C5CC5)cc4)[nH]3)s2)O1. The van der Waals surface area contributed by atoms with Gasteiger partial charge in [0, 0.05) is 41.2 Å². The molecule has 1 N–H and O–H groups in total. The summed E-state index contributed by atoms with van der Waals surface area (Å²) in [6, 6.07) is 12.9. The number of H-pyrrole nitrogens is 1. The molecule has 1 saturated carbocycles. The number of ether oxygens (including phenoxy) is 3. The molecule has 3 fully saturated rings. The maximum absolute atomic E-state index is 12.6. The minimum absolute atomic E-state index is 0.0679. The first-order valence-corrected chi connectivity index (χ1v) is 15.0. The Bertz CT molecular complexity index is 1210. The van der Waals surface area contributed by atoms with E-state index < -0.39 is 16.6 Å². The molecule has 3 atom stereocenters. The summed E-state index contributed by atoms with van der Waals surface area (Å²) in [5, 5.41) is 1.32. The molecule has 6 rings (SSSR count). The second-order valence-corrected chi connectivity index (χ2v) is 13.4. The smallest absolute Gasteiger partial charge is 0.163 e. The summed E-state index contributed by atoms with van der Waals surface area (Å²) in [4.78, 5) is 10.4. The Morgan fingerprint density at radius 3 is 2.58 bits per heavy atom. The van der Waals surface area contributed by atoms with Crippen LogP contribution in [-0.2, 0) is 25.0 Å². The average molecular weight is 527 g/mol. The summed E-state index contributed by atoms with van der Waals surface area (Å²) in [5.41, 5.74) is 3.50. The minimum atomic E-state index is -0.871. The van der Waals surface area contributed by atoms with Gasteiger partial charge in [-0.2, -0.15) is 0 Å². The van der Waals surface area contributed by atoms with E-state index in [1.54, 1.807) is 11.3 Å². The van der Waals surface area contributed by atoms with Crippen LogP contribution in [0.3, 0.4) is 0 Å². The van der Waals surface area contributed by atoms with Gasteiger partial charge in [-0.15, -0.1) is 11.3 Å². The van der Waals surface area contributed by atoms with Crippen molar-refractivity contribution in [2.75, 3.05) is 19.8 Å². The third-order valence-corrected chi connectivity index (χ3v) is 10.4. The topological polar surface area (TPSA) is 73.4 Å². The molecule has 8 heteroatoms. The van der Waals surface area contributed by atoms with Gasteiger partial charge in [0.1, 0.15) is 11.1 Å². The molecule has 192 valence electrons. The molecule has 1 aliphatic carbocycles. The molecule has 3 aromatic rings. The van der Waals surface area contributed by atoms with E-state index in [4.69, 9.17) is 19.2 Å². The number of nitrogens with zero attached hydrogens (tertiary/aromatic N) is 1. The first kappa shape index (κ1) is 24.5. The predicted molar refractivity (Wildman–Crippen MR) is 142 cm³/mol. The van der Waals surface area contributed by atoms with Crippen LogP contribution in [0.4, 0.5) is 0 Å². The van der Waals surface area contributed by atoms with Gasteiger partial charge in [0.15, 0.2) is 5.79 Å². The van der Waals surface area contributed by atoms with Crippen molar-refractivity contribution in [2.24, 2.45) is 5.92 Å². The number of nitrogens with one attached hydrogen (secondary N) is 1. The summed E-state index contributed by atoms with van der Waals surface area (Å²) in [6.07, 6.45) is 7.28. The fourth-order valence-corrected chi connectivity index (χ4v) is 7.46. The van der Waals surface area contributed by atoms with E-state index in [2.05, 4.69) is 41.4 Å². The molecule has 4 heterocycles. The van der Waals surface area contributed by atoms with Crippen molar-refractivity contribution in [1.82, 2.24) is 9.97 Å². The van der Waals surface area contributed by atoms with E-state index in [0.717, 1.165) is 65.8 Å². The van der Waals surface area contributed by atoms with Crippen LogP contribution in [0.25, 0.3) is 10.7 Å². The van der Waals surface area contributed by atoms with E-state index in [0.29, 0.717) is 17.8 Å². The standard InChI is InChI=1S/C28H34N2O4S2/c1-28(2)33-17-25(34-28)26-16-29-27(35-26)24-10-9-23(30-24)22(15-18-11-13-32-14-12-18)19-3-5-20(6-4-19)36(31)21-7-8-21/h3-6,9-10,16,18,21-22,25,30H,7-8,11-15,17H2,1-2H3. The summed E-state index contributed by atoms with van der Waals surface area (Å²) < 4.78 is 30.0. The molecule has 0 bridgehead atoms. The van der Waals surface area contributed by atoms with Crippen molar-refractivity contribution >= 4 is 22.1 Å². The first-order valence-electron chi connectivity index (χ1n) is 13.0. The predicted octanol–water partition coefficient (Wildman–Crippen LogP) is 6.18. The Kier molecular flexibility index (Phi) is 6.90. The van der Waals surface area contributed by atoms with Crippen LogP contribution in [0.15, 0.2) is 47.5 Å². The number of rotatable bonds is 8. The highest BCUT2D eigenvalue weighted by molar-refractivity contribution is 7.86. The van der Waals surface area contributed by atoms with Gasteiger partial charge < -0.3 is 19.2 Å². The highest BCUT2D eigenvalue weighted by Crippen LogP contribution is 2.39. The lowest BCUT2D eigenvalue weighted by Gasteiger charge is -2.27. The minimum Gasteiger partial charge on any atom is -0.381 e. The molecule has 0 spiro atoms. The Hall–Kier alpha value is -1.84. The van der Waals surface area contributed by atoms with E-state index in [1.165, 1.54) is 11.3 Å². The third kappa shape index (κ3) is 5.38. The maximum atomic E-state index is 12.6. The van der Waals surface area contributed by atoms with Gasteiger partial charge in [0.2, 0.25) is 0 Å². The number of aromatic amines is 1. The maximum Gasteiger partial charge on any atom is 0.163 e. The fourth-order valence-electron chi connectivity index (χ4n) is 5.19. The largest absolute Gasteiger partial charge is 0.381 e. The Morgan fingerprint density at radius 1 is 1.11 bits per heavy atom. The van der Waals surface area contributed by atoms with Crippen LogP contribution in [0.5, 0.6) is 0 Å². The first-order chi connectivity index (χ1) is 17.4. The molecule has 36 heavy (non-hydrogen) atoms. The Morgan fingerprint density at radius 2 is 1.89 bits per heavy atom. The van der Waals surface area contributed by atoms with E-state index in [9.17, 15) is 4.21 Å². The number of thiazole rings is 1. The zero-order valence-corrected chi connectivity index (χ0v) is 22.5. The van der Waals surface area contributed by atoms with Crippen LogP contribution >= 0.6 is 11.3 Å². The van der Waals surface area contributed by atoms with Gasteiger partial charge in [0.25, 0.3) is 0 Å². The summed E-state index contributed by atoms with van der Waals surface area (Å²) in [6.45, 7) is 6.14. The Balaban J connectivity index is 1.24. The van der Waals surface area contributed by atoms with Crippen molar-refractivity contribution in [3.05, 3.63) is 58.7 Å². The average Bonchev–Trinajstić information content (AvgIpc) is 3.26. The highest BCUT2D eigenvalue weighted by atomic mass is 32.2. The van der Waals surface area contributed by atoms with E-state index >= 15 is 0 Å². The van der Waals surface area contributed by atoms with Crippen LogP contribution in [0.1, 0.15) is 74.1 Å². The molecule has 3 unspecified atom stereocenters. The van der Waals surface area contributed by atoms with Gasteiger partial charge in [-0.3, -0.25) is 4.21 Å². The highest BCUT2D eigenvalue weighted by Gasteiger charge is 2.35. The van der Waals surface area contributed by atoms with E-state index in [1.807, 2.05) is 20.0 Å². The van der Waals surface area contributed by atoms with Crippen molar-refractivity contribution in [3.8, 4) is 10.7 Å². The number of hydrogen-bond donors (Lipinski definition) is 1. The molecule has 2 aromatic heterocycles. The third-order valence-electron chi connectivity index (χ3n) is 7.42. The number of hydrogen-bond acceptors (Lipinski definition) is 6. The number of benzene rings is 1. The second kappa shape index (κ2) is 10.1. The van der Waals surface area contributed by atoms with Crippen molar-refractivity contribution in [2.45, 2.75) is 73.9 Å². The summed E-state index contributed by atoms with van der Waals surface area (Å²) in [7, 11) is -0.871.